The van der Waals surface area contributed by atoms with E-state index in [1.165, 1.54) is 39.3 Å². The molecule has 2 rings (SSSR count). The highest BCUT2D eigenvalue weighted by Crippen LogP contribution is 2.26. The number of sulfonamides is 1. The van der Waals surface area contributed by atoms with Gasteiger partial charge in [0, 0.05) is 19.5 Å². The molecule has 2 aromatic carbocycles. The maximum Gasteiger partial charge on any atom is 0.240 e. The molecule has 0 atom stereocenters. The van der Waals surface area contributed by atoms with Crippen LogP contribution in [0.3, 0.4) is 0 Å². The molecule has 26 heavy (non-hydrogen) atoms. The molecule has 0 unspecified atom stereocenters. The van der Waals surface area contributed by atoms with Crippen LogP contribution in [0, 0.1) is 0 Å². The Morgan fingerprint density at radius 1 is 1.08 bits per heavy atom. The summed E-state index contributed by atoms with van der Waals surface area (Å²) in [6, 6.07) is 9.19. The van der Waals surface area contributed by atoms with Gasteiger partial charge in [-0.25, -0.2) is 13.1 Å². The number of methoxy groups -OCH3 is 2. The highest BCUT2D eigenvalue weighted by atomic mass is 35.5. The van der Waals surface area contributed by atoms with Crippen molar-refractivity contribution in [2.24, 2.45) is 0 Å². The molecule has 2 N–H and O–H groups in total. The van der Waals surface area contributed by atoms with E-state index < -0.39 is 10.0 Å². The average molecular weight is 399 g/mol. The molecule has 0 fully saturated rings. The fourth-order valence-electron chi connectivity index (χ4n) is 2.18. The Labute approximate surface area is 157 Å². The zero-order valence-electron chi connectivity index (χ0n) is 14.5. The monoisotopic (exact) mass is 398 g/mol. The maximum absolute atomic E-state index is 12.5. The van der Waals surface area contributed by atoms with Crippen molar-refractivity contribution in [2.45, 2.75) is 18.4 Å². The van der Waals surface area contributed by atoms with Gasteiger partial charge in [-0.05, 0) is 35.9 Å². The first-order valence-electron chi connectivity index (χ1n) is 7.54. The quantitative estimate of drug-likeness (QED) is 0.748. The molecule has 0 bridgehead atoms. The Kier molecular flexibility index (Phi) is 6.47. The Morgan fingerprint density at radius 3 is 2.19 bits per heavy atom. The number of carbonyl (C=O) groups excluding carboxylic acids is 1. The molecule has 1 amide bonds. The molecule has 0 aliphatic heterocycles. The summed E-state index contributed by atoms with van der Waals surface area (Å²) in [6.45, 7) is 1.38. The van der Waals surface area contributed by atoms with Gasteiger partial charge in [-0.1, -0.05) is 11.6 Å². The molecule has 0 aliphatic rings. The van der Waals surface area contributed by atoms with E-state index in [1.807, 2.05) is 0 Å². The van der Waals surface area contributed by atoms with Crippen molar-refractivity contribution in [2.75, 3.05) is 19.5 Å². The smallest absolute Gasteiger partial charge is 0.240 e. The fourth-order valence-corrected chi connectivity index (χ4v) is 3.52. The van der Waals surface area contributed by atoms with E-state index in [9.17, 15) is 13.2 Å². The Balaban J connectivity index is 2.19. The first kappa shape index (κ1) is 20.0. The topological polar surface area (TPSA) is 93.7 Å². The van der Waals surface area contributed by atoms with Gasteiger partial charge < -0.3 is 14.8 Å². The van der Waals surface area contributed by atoms with Crippen LogP contribution in [0.15, 0.2) is 41.3 Å². The normalized spacial score (nSPS) is 11.1. The van der Waals surface area contributed by atoms with Gasteiger partial charge in [0.05, 0.1) is 29.8 Å². The van der Waals surface area contributed by atoms with Gasteiger partial charge in [0.25, 0.3) is 0 Å². The fraction of sp³-hybridized carbons (Fsp3) is 0.235. The molecule has 0 saturated heterocycles. The lowest BCUT2D eigenvalue weighted by Gasteiger charge is -2.11. The minimum absolute atomic E-state index is 0.00790. The zero-order chi connectivity index (χ0) is 19.3. The Hall–Kier alpha value is -2.29. The lowest BCUT2D eigenvalue weighted by molar-refractivity contribution is -0.114. The average Bonchev–Trinajstić information content (AvgIpc) is 2.61. The van der Waals surface area contributed by atoms with Gasteiger partial charge in [-0.2, -0.15) is 0 Å². The second kappa shape index (κ2) is 8.39. The van der Waals surface area contributed by atoms with Crippen LogP contribution in [0.5, 0.6) is 11.5 Å². The lowest BCUT2D eigenvalue weighted by atomic mass is 10.2. The third-order valence-electron chi connectivity index (χ3n) is 3.44. The summed E-state index contributed by atoms with van der Waals surface area (Å²) in [7, 11) is -0.764. The molecule has 140 valence electrons. The van der Waals surface area contributed by atoms with E-state index in [1.54, 1.807) is 18.2 Å². The largest absolute Gasteiger partial charge is 0.497 e. The van der Waals surface area contributed by atoms with Crippen molar-refractivity contribution in [1.82, 2.24) is 4.72 Å². The molecule has 7 nitrogen and oxygen atoms in total. The van der Waals surface area contributed by atoms with Crippen molar-refractivity contribution in [3.8, 4) is 11.5 Å². The summed E-state index contributed by atoms with van der Waals surface area (Å²) < 4.78 is 37.8. The summed E-state index contributed by atoms with van der Waals surface area (Å²) >= 11 is 6.04. The highest BCUT2D eigenvalue weighted by Gasteiger charge is 2.16. The predicted molar refractivity (Wildman–Crippen MR) is 99.3 cm³/mol. The molecule has 2 aromatic rings. The van der Waals surface area contributed by atoms with Crippen LogP contribution in [-0.2, 0) is 21.4 Å². The van der Waals surface area contributed by atoms with Crippen LogP contribution in [0.25, 0.3) is 0 Å². The molecule has 0 aromatic heterocycles. The molecule has 0 radical (unpaired) electrons. The second-order valence-electron chi connectivity index (χ2n) is 5.37. The number of halogens is 1. The summed E-state index contributed by atoms with van der Waals surface area (Å²) in [4.78, 5) is 11.1. The van der Waals surface area contributed by atoms with Gasteiger partial charge in [-0.3, -0.25) is 4.79 Å². The molecular formula is C17H19ClN2O5S. The van der Waals surface area contributed by atoms with Crippen LogP contribution in [0.2, 0.25) is 5.02 Å². The molecule has 9 heteroatoms. The van der Waals surface area contributed by atoms with Crippen molar-refractivity contribution >= 4 is 33.2 Å². The van der Waals surface area contributed by atoms with Crippen LogP contribution in [0.1, 0.15) is 12.5 Å². The molecule has 0 heterocycles. The van der Waals surface area contributed by atoms with Gasteiger partial charge >= 0.3 is 0 Å². The van der Waals surface area contributed by atoms with E-state index >= 15 is 0 Å². The van der Waals surface area contributed by atoms with E-state index in [0.717, 1.165) is 0 Å². The van der Waals surface area contributed by atoms with Crippen molar-refractivity contribution in [3.63, 3.8) is 0 Å². The first-order chi connectivity index (χ1) is 12.2. The summed E-state index contributed by atoms with van der Waals surface area (Å²) in [6.07, 6.45) is 0. The zero-order valence-corrected chi connectivity index (χ0v) is 16.1. The van der Waals surface area contributed by atoms with Crippen molar-refractivity contribution in [1.29, 1.82) is 0 Å². The molecule has 0 saturated carbocycles. The third-order valence-corrected chi connectivity index (χ3v) is 5.15. The first-order valence-corrected chi connectivity index (χ1v) is 9.40. The molecule has 0 aliphatic carbocycles. The standard InChI is InChI=1S/C17H19ClN2O5S/c1-11(21)20-17-5-4-15(9-16(17)18)26(22,23)19-10-12-6-13(24-2)8-14(7-12)25-3/h4-9,19H,10H2,1-3H3,(H,20,21). The van der Waals surface area contributed by atoms with E-state index in [0.29, 0.717) is 22.7 Å². The number of benzene rings is 2. The lowest BCUT2D eigenvalue weighted by Crippen LogP contribution is -2.23. The summed E-state index contributed by atoms with van der Waals surface area (Å²) in [5, 5.41) is 2.65. The number of rotatable bonds is 7. The number of anilines is 1. The van der Waals surface area contributed by atoms with Crippen molar-refractivity contribution < 1.29 is 22.7 Å². The molecular weight excluding hydrogens is 380 g/mol. The van der Waals surface area contributed by atoms with Crippen LogP contribution < -0.4 is 19.5 Å². The highest BCUT2D eigenvalue weighted by molar-refractivity contribution is 7.89. The van der Waals surface area contributed by atoms with E-state index in [4.69, 9.17) is 21.1 Å². The SMILES string of the molecule is COc1cc(CNS(=O)(=O)c2ccc(NC(C)=O)c(Cl)c2)cc(OC)c1. The summed E-state index contributed by atoms with van der Waals surface area (Å²) in [5.74, 6) is 0.815. The number of hydrogen-bond donors (Lipinski definition) is 2. The van der Waals surface area contributed by atoms with Crippen LogP contribution in [0.4, 0.5) is 5.69 Å². The predicted octanol–water partition coefficient (Wildman–Crippen LogP) is 2.79. The second-order valence-corrected chi connectivity index (χ2v) is 7.54. The number of nitrogens with one attached hydrogen (secondary N) is 2. The van der Waals surface area contributed by atoms with Crippen LogP contribution >= 0.6 is 11.6 Å². The minimum atomic E-state index is -3.79. The van der Waals surface area contributed by atoms with Gasteiger partial charge in [0.2, 0.25) is 15.9 Å². The summed E-state index contributed by atoms with van der Waals surface area (Å²) in [5.41, 5.74) is 1.02. The van der Waals surface area contributed by atoms with E-state index in [-0.39, 0.29) is 22.4 Å². The maximum atomic E-state index is 12.5. The third kappa shape index (κ3) is 5.10. The van der Waals surface area contributed by atoms with Crippen molar-refractivity contribution in [3.05, 3.63) is 47.0 Å². The number of ether oxygens (including phenoxy) is 2. The number of carbonyl (C=O) groups is 1. The van der Waals surface area contributed by atoms with Gasteiger partial charge in [0.15, 0.2) is 0 Å². The van der Waals surface area contributed by atoms with Crippen LogP contribution in [-0.4, -0.2) is 28.5 Å². The Bertz CT molecular complexity index is 893. The van der Waals surface area contributed by atoms with Gasteiger partial charge in [0.1, 0.15) is 11.5 Å². The van der Waals surface area contributed by atoms with Gasteiger partial charge in [-0.15, -0.1) is 0 Å². The van der Waals surface area contributed by atoms with E-state index in [2.05, 4.69) is 10.0 Å². The number of hydrogen-bond acceptors (Lipinski definition) is 5. The molecule has 0 spiro atoms. The number of amides is 1. The Morgan fingerprint density at radius 2 is 1.69 bits per heavy atom. The minimum Gasteiger partial charge on any atom is -0.497 e.